The average molecular weight is 361 g/mol. The van der Waals surface area contributed by atoms with Crippen LogP contribution in [0.15, 0.2) is 30.3 Å². The van der Waals surface area contributed by atoms with Gasteiger partial charge in [0.2, 0.25) is 0 Å². The zero-order valence-electron chi connectivity index (χ0n) is 14.9. The molecule has 1 heterocycles. The van der Waals surface area contributed by atoms with Gasteiger partial charge in [-0.05, 0) is 57.5 Å². The van der Waals surface area contributed by atoms with Crippen LogP contribution in [0.4, 0.5) is 0 Å². The fraction of sp³-hybridized carbons (Fsp3) is 0.368. The molecule has 1 aromatic carbocycles. The summed E-state index contributed by atoms with van der Waals surface area (Å²) >= 11 is 1.20. The number of ether oxygens (including phenoxy) is 2. The van der Waals surface area contributed by atoms with E-state index in [-0.39, 0.29) is 17.7 Å². The smallest absolute Gasteiger partial charge is 0.261 e. The largest absolute Gasteiger partial charge is 0.490 e. The van der Waals surface area contributed by atoms with Crippen LogP contribution in [0.5, 0.6) is 11.5 Å². The molecule has 2 rings (SSSR count). The normalized spacial score (nSPS) is 11.7. The Morgan fingerprint density at radius 1 is 1.04 bits per heavy atom. The molecular weight excluding hydrogens is 338 g/mol. The maximum Gasteiger partial charge on any atom is 0.261 e. The number of ketones is 1. The van der Waals surface area contributed by atoms with Crippen molar-refractivity contribution in [3.63, 3.8) is 0 Å². The van der Waals surface area contributed by atoms with E-state index in [1.807, 2.05) is 39.0 Å². The van der Waals surface area contributed by atoms with Crippen LogP contribution in [-0.2, 0) is 0 Å². The van der Waals surface area contributed by atoms with Crippen LogP contribution in [0, 0.1) is 0 Å². The molecular formula is C19H23NO4S. The Balaban J connectivity index is 2.13. The summed E-state index contributed by atoms with van der Waals surface area (Å²) in [5.41, 5.74) is 0.920. The second-order valence-electron chi connectivity index (χ2n) is 5.49. The van der Waals surface area contributed by atoms with Crippen LogP contribution < -0.4 is 14.8 Å². The summed E-state index contributed by atoms with van der Waals surface area (Å²) in [7, 11) is 0. The van der Waals surface area contributed by atoms with Crippen LogP contribution in [0.1, 0.15) is 58.6 Å². The van der Waals surface area contributed by atoms with Crippen molar-refractivity contribution in [1.29, 1.82) is 0 Å². The molecule has 0 bridgehead atoms. The van der Waals surface area contributed by atoms with Gasteiger partial charge < -0.3 is 14.8 Å². The molecule has 1 amide bonds. The summed E-state index contributed by atoms with van der Waals surface area (Å²) in [6.07, 6.45) is 0. The van der Waals surface area contributed by atoms with Crippen LogP contribution in [0.3, 0.4) is 0 Å². The van der Waals surface area contributed by atoms with Gasteiger partial charge in [0.05, 0.1) is 29.0 Å². The molecule has 0 fully saturated rings. The number of Topliss-reactive ketones (excluding diaryl/α,β-unsaturated/α-hetero) is 1. The Kier molecular flexibility index (Phi) is 6.58. The number of thiophene rings is 1. The van der Waals surface area contributed by atoms with E-state index in [0.717, 1.165) is 5.56 Å². The first kappa shape index (κ1) is 19.0. The van der Waals surface area contributed by atoms with Gasteiger partial charge in [0, 0.05) is 0 Å². The van der Waals surface area contributed by atoms with Gasteiger partial charge in [0.25, 0.3) is 5.91 Å². The second kappa shape index (κ2) is 8.67. The molecule has 1 aromatic heterocycles. The lowest BCUT2D eigenvalue weighted by molar-refractivity contribution is 0.0943. The van der Waals surface area contributed by atoms with Crippen LogP contribution in [0.25, 0.3) is 0 Å². The van der Waals surface area contributed by atoms with E-state index in [2.05, 4.69) is 5.32 Å². The number of rotatable bonds is 8. The van der Waals surface area contributed by atoms with E-state index in [0.29, 0.717) is 34.5 Å². The van der Waals surface area contributed by atoms with Crippen molar-refractivity contribution < 1.29 is 19.1 Å². The summed E-state index contributed by atoms with van der Waals surface area (Å²) in [6, 6.07) is 8.79. The molecule has 0 spiro atoms. The zero-order valence-corrected chi connectivity index (χ0v) is 15.7. The highest BCUT2D eigenvalue weighted by Gasteiger charge is 2.16. The third-order valence-electron chi connectivity index (χ3n) is 3.59. The molecule has 0 saturated heterocycles. The first-order valence-electron chi connectivity index (χ1n) is 8.27. The van der Waals surface area contributed by atoms with E-state index < -0.39 is 0 Å². The van der Waals surface area contributed by atoms with Crippen LogP contribution in [-0.4, -0.2) is 24.9 Å². The van der Waals surface area contributed by atoms with Crippen molar-refractivity contribution in [2.75, 3.05) is 13.2 Å². The molecule has 0 aliphatic rings. The van der Waals surface area contributed by atoms with Crippen molar-refractivity contribution in [1.82, 2.24) is 5.32 Å². The molecule has 0 radical (unpaired) electrons. The monoisotopic (exact) mass is 361 g/mol. The fourth-order valence-corrected chi connectivity index (χ4v) is 3.14. The predicted octanol–water partition coefficient (Wildman–Crippen LogP) is 4.24. The highest BCUT2D eigenvalue weighted by Crippen LogP contribution is 2.31. The molecule has 0 aliphatic carbocycles. The summed E-state index contributed by atoms with van der Waals surface area (Å²) in [6.45, 7) is 8.32. The highest BCUT2D eigenvalue weighted by molar-refractivity contribution is 7.15. The van der Waals surface area contributed by atoms with Gasteiger partial charge >= 0.3 is 0 Å². The molecule has 0 unspecified atom stereocenters. The number of benzene rings is 1. The third kappa shape index (κ3) is 4.82. The molecule has 6 heteroatoms. The van der Waals surface area contributed by atoms with Gasteiger partial charge in [0.15, 0.2) is 17.3 Å². The van der Waals surface area contributed by atoms with Crippen LogP contribution >= 0.6 is 11.3 Å². The van der Waals surface area contributed by atoms with Crippen molar-refractivity contribution in [2.24, 2.45) is 0 Å². The van der Waals surface area contributed by atoms with E-state index in [1.54, 1.807) is 12.1 Å². The van der Waals surface area contributed by atoms with Gasteiger partial charge in [-0.25, -0.2) is 0 Å². The van der Waals surface area contributed by atoms with E-state index in [1.165, 1.54) is 18.3 Å². The minimum atomic E-state index is -0.203. The first-order valence-corrected chi connectivity index (χ1v) is 9.09. The SMILES string of the molecule is CCOc1ccc([C@H](C)NC(=O)c2ccc(C(C)=O)s2)cc1OCC. The van der Waals surface area contributed by atoms with Gasteiger partial charge in [0.1, 0.15) is 0 Å². The number of amides is 1. The lowest BCUT2D eigenvalue weighted by Crippen LogP contribution is -2.25. The molecule has 1 atom stereocenters. The lowest BCUT2D eigenvalue weighted by atomic mass is 10.1. The summed E-state index contributed by atoms with van der Waals surface area (Å²) in [4.78, 5) is 24.8. The molecule has 2 aromatic rings. The molecule has 25 heavy (non-hydrogen) atoms. The second-order valence-corrected chi connectivity index (χ2v) is 6.57. The Morgan fingerprint density at radius 3 is 2.28 bits per heavy atom. The third-order valence-corrected chi connectivity index (χ3v) is 4.78. The first-order chi connectivity index (χ1) is 12.0. The molecule has 134 valence electrons. The Hall–Kier alpha value is -2.34. The number of carbonyl (C=O) groups is 2. The summed E-state index contributed by atoms with van der Waals surface area (Å²) in [5.74, 6) is 1.12. The van der Waals surface area contributed by atoms with Gasteiger partial charge in [-0.3, -0.25) is 9.59 Å². The van der Waals surface area contributed by atoms with Crippen molar-refractivity contribution in [3.05, 3.63) is 45.6 Å². The minimum absolute atomic E-state index is 0.0371. The highest BCUT2D eigenvalue weighted by atomic mass is 32.1. The van der Waals surface area contributed by atoms with Gasteiger partial charge in [-0.2, -0.15) is 0 Å². The molecule has 5 nitrogen and oxygen atoms in total. The fourth-order valence-electron chi connectivity index (χ4n) is 2.34. The number of nitrogens with one attached hydrogen (secondary N) is 1. The van der Waals surface area contributed by atoms with E-state index >= 15 is 0 Å². The van der Waals surface area contributed by atoms with Gasteiger partial charge in [-0.15, -0.1) is 11.3 Å². The zero-order chi connectivity index (χ0) is 18.4. The number of hydrogen-bond acceptors (Lipinski definition) is 5. The Morgan fingerprint density at radius 2 is 1.68 bits per heavy atom. The minimum Gasteiger partial charge on any atom is -0.490 e. The Labute approximate surface area is 152 Å². The van der Waals surface area contributed by atoms with Crippen LogP contribution in [0.2, 0.25) is 0 Å². The topological polar surface area (TPSA) is 64.6 Å². The molecule has 0 saturated carbocycles. The quantitative estimate of drug-likeness (QED) is 0.714. The van der Waals surface area contributed by atoms with Gasteiger partial charge in [-0.1, -0.05) is 6.07 Å². The van der Waals surface area contributed by atoms with E-state index in [9.17, 15) is 9.59 Å². The standard InChI is InChI=1S/C19H23NO4S/c1-5-23-15-8-7-14(11-16(15)24-6-2)12(3)20-19(22)18-10-9-17(25-18)13(4)21/h7-12H,5-6H2,1-4H3,(H,20,22)/t12-/m0/s1. The lowest BCUT2D eigenvalue weighted by Gasteiger charge is -2.17. The molecule has 1 N–H and O–H groups in total. The number of hydrogen-bond donors (Lipinski definition) is 1. The Bertz CT molecular complexity index is 754. The predicted molar refractivity (Wildman–Crippen MR) is 99.0 cm³/mol. The average Bonchev–Trinajstić information content (AvgIpc) is 3.07. The maximum atomic E-state index is 12.4. The van der Waals surface area contributed by atoms with Crippen molar-refractivity contribution in [3.8, 4) is 11.5 Å². The number of carbonyl (C=O) groups excluding carboxylic acids is 2. The van der Waals surface area contributed by atoms with Crippen molar-refractivity contribution >= 4 is 23.0 Å². The van der Waals surface area contributed by atoms with E-state index in [4.69, 9.17) is 9.47 Å². The maximum absolute atomic E-state index is 12.4. The molecule has 0 aliphatic heterocycles. The van der Waals surface area contributed by atoms with Crippen molar-refractivity contribution in [2.45, 2.75) is 33.7 Å². The summed E-state index contributed by atoms with van der Waals surface area (Å²) < 4.78 is 11.2. The summed E-state index contributed by atoms with van der Waals surface area (Å²) in [5, 5.41) is 2.95.